The van der Waals surface area contributed by atoms with Gasteiger partial charge in [-0.2, -0.15) is 0 Å². The molecule has 0 spiro atoms. The standard InChI is InChI=1S/C50H30N2O/c1-2-14-34(15-3-1)51-44-22-9-7-18-39(44)49-40-20-11-19-38-41-28-32(25-27-47(41)53-48(50(38)40)30-46(49)51)33-24-26-37-36-17-6-8-21-43(36)52(45(37)29-33)42-23-10-13-31-12-4-5-16-35(31)42/h1-30H. The lowest BCUT2D eigenvalue weighted by Gasteiger charge is -2.23. The molecule has 0 unspecified atom stereocenters. The fourth-order valence-electron chi connectivity index (χ4n) is 9.00. The van der Waals surface area contributed by atoms with Crippen LogP contribution in [0.15, 0.2) is 182 Å². The molecular weight excluding hydrogens is 645 g/mol. The highest BCUT2D eigenvalue weighted by Gasteiger charge is 2.25. The van der Waals surface area contributed by atoms with Crippen molar-refractivity contribution in [2.75, 3.05) is 0 Å². The molecule has 2 aromatic heterocycles. The number of fused-ring (bicyclic) bond motifs is 10. The minimum atomic E-state index is 0.876. The van der Waals surface area contributed by atoms with E-state index in [2.05, 4.69) is 191 Å². The molecule has 0 aliphatic carbocycles. The number of hydrogen-bond donors (Lipinski definition) is 0. The number of para-hydroxylation sites is 3. The first kappa shape index (κ1) is 28.6. The Morgan fingerprint density at radius 2 is 1.00 bits per heavy atom. The van der Waals surface area contributed by atoms with Crippen LogP contribution in [0.5, 0.6) is 11.5 Å². The molecule has 0 radical (unpaired) electrons. The summed E-state index contributed by atoms with van der Waals surface area (Å²) < 4.78 is 11.6. The summed E-state index contributed by atoms with van der Waals surface area (Å²) in [7, 11) is 0. The molecule has 3 heteroatoms. The van der Waals surface area contributed by atoms with Crippen molar-refractivity contribution in [2.24, 2.45) is 0 Å². The van der Waals surface area contributed by atoms with Crippen LogP contribution < -0.4 is 4.74 Å². The normalized spacial score (nSPS) is 12.3. The van der Waals surface area contributed by atoms with Gasteiger partial charge in [-0.3, -0.25) is 0 Å². The summed E-state index contributed by atoms with van der Waals surface area (Å²) in [5.41, 5.74) is 11.7. The highest BCUT2D eigenvalue weighted by molar-refractivity contribution is 6.25. The highest BCUT2D eigenvalue weighted by Crippen LogP contribution is 2.51. The largest absolute Gasteiger partial charge is 0.456 e. The van der Waals surface area contributed by atoms with E-state index in [0.717, 1.165) is 39.2 Å². The maximum absolute atomic E-state index is 6.85. The Balaban J connectivity index is 1.07. The van der Waals surface area contributed by atoms with Crippen molar-refractivity contribution in [1.82, 2.24) is 9.13 Å². The average molecular weight is 675 g/mol. The minimum Gasteiger partial charge on any atom is -0.456 e. The smallest absolute Gasteiger partial charge is 0.138 e. The zero-order valence-electron chi connectivity index (χ0n) is 28.6. The van der Waals surface area contributed by atoms with Crippen LogP contribution in [0.2, 0.25) is 0 Å². The lowest BCUT2D eigenvalue weighted by atomic mass is 9.90. The topological polar surface area (TPSA) is 19.1 Å². The number of aromatic nitrogens is 2. The van der Waals surface area contributed by atoms with Gasteiger partial charge in [-0.25, -0.2) is 0 Å². The predicted molar refractivity (Wildman–Crippen MR) is 221 cm³/mol. The van der Waals surface area contributed by atoms with Crippen LogP contribution in [0.25, 0.3) is 98.8 Å². The van der Waals surface area contributed by atoms with Crippen LogP contribution >= 0.6 is 0 Å². The zero-order chi connectivity index (χ0) is 34.6. The molecule has 0 fully saturated rings. The van der Waals surface area contributed by atoms with Gasteiger partial charge in [0.25, 0.3) is 0 Å². The fraction of sp³-hybridized carbons (Fsp3) is 0. The van der Waals surface area contributed by atoms with E-state index in [4.69, 9.17) is 4.74 Å². The van der Waals surface area contributed by atoms with Crippen molar-refractivity contribution in [3.63, 3.8) is 0 Å². The Morgan fingerprint density at radius 1 is 0.340 bits per heavy atom. The molecule has 53 heavy (non-hydrogen) atoms. The van der Waals surface area contributed by atoms with Gasteiger partial charge in [-0.1, -0.05) is 127 Å². The molecule has 0 N–H and O–H groups in total. The summed E-state index contributed by atoms with van der Waals surface area (Å²) in [5, 5.41) is 9.83. The SMILES string of the molecule is c1ccc(-n2c3ccccc3c3c4cccc5c4c(cc32)Oc2ccc(-c3ccc4c6ccccc6n(-c6cccc7ccccc67)c4c3)cc2-5)cc1. The third kappa shape index (κ3) is 3.99. The summed E-state index contributed by atoms with van der Waals surface area (Å²) in [6, 6.07) is 65.9. The lowest BCUT2D eigenvalue weighted by Crippen LogP contribution is -1.99. The Labute approximate surface area is 305 Å². The van der Waals surface area contributed by atoms with Gasteiger partial charge in [0.15, 0.2) is 0 Å². The summed E-state index contributed by atoms with van der Waals surface area (Å²) in [5.74, 6) is 1.77. The first-order valence-corrected chi connectivity index (χ1v) is 18.2. The van der Waals surface area contributed by atoms with Gasteiger partial charge >= 0.3 is 0 Å². The molecule has 3 nitrogen and oxygen atoms in total. The van der Waals surface area contributed by atoms with E-state index >= 15 is 0 Å². The van der Waals surface area contributed by atoms with Crippen LogP contribution in [0.4, 0.5) is 0 Å². The Kier molecular flexibility index (Phi) is 5.77. The summed E-state index contributed by atoms with van der Waals surface area (Å²) in [4.78, 5) is 0. The lowest BCUT2D eigenvalue weighted by molar-refractivity contribution is 0.487. The molecule has 1 aliphatic heterocycles. The number of ether oxygens (including phenoxy) is 1. The molecule has 0 saturated carbocycles. The Bertz CT molecular complexity index is 3310. The van der Waals surface area contributed by atoms with Gasteiger partial charge in [0.2, 0.25) is 0 Å². The van der Waals surface area contributed by atoms with Gasteiger partial charge in [0, 0.05) is 49.6 Å². The molecule has 246 valence electrons. The fourth-order valence-corrected chi connectivity index (χ4v) is 9.00. The maximum Gasteiger partial charge on any atom is 0.138 e. The van der Waals surface area contributed by atoms with Crippen molar-refractivity contribution >= 4 is 65.2 Å². The molecule has 1 aliphatic rings. The summed E-state index contributed by atoms with van der Waals surface area (Å²) in [6.07, 6.45) is 0. The third-order valence-electron chi connectivity index (χ3n) is 11.3. The predicted octanol–water partition coefficient (Wildman–Crippen LogP) is 13.6. The van der Waals surface area contributed by atoms with Gasteiger partial charge < -0.3 is 13.9 Å². The number of rotatable bonds is 3. The van der Waals surface area contributed by atoms with E-state index in [1.165, 1.54) is 71.1 Å². The molecule has 3 heterocycles. The molecule has 0 amide bonds. The van der Waals surface area contributed by atoms with Crippen LogP contribution in [-0.4, -0.2) is 9.13 Å². The maximum atomic E-state index is 6.85. The molecule has 0 atom stereocenters. The summed E-state index contributed by atoms with van der Waals surface area (Å²) in [6.45, 7) is 0. The zero-order valence-corrected chi connectivity index (χ0v) is 28.6. The van der Waals surface area contributed by atoms with Crippen molar-refractivity contribution in [3.8, 4) is 45.1 Å². The second-order valence-corrected chi connectivity index (χ2v) is 14.1. The number of hydrogen-bond acceptors (Lipinski definition) is 1. The first-order chi connectivity index (χ1) is 26.3. The monoisotopic (exact) mass is 674 g/mol. The van der Waals surface area contributed by atoms with Crippen molar-refractivity contribution in [2.45, 2.75) is 0 Å². The van der Waals surface area contributed by atoms with Crippen LogP contribution in [0.1, 0.15) is 0 Å². The number of nitrogens with zero attached hydrogens (tertiary/aromatic N) is 2. The molecule has 0 bridgehead atoms. The van der Waals surface area contributed by atoms with E-state index < -0.39 is 0 Å². The Hall–Kier alpha value is -7.10. The van der Waals surface area contributed by atoms with Gasteiger partial charge in [-0.05, 0) is 76.0 Å². The summed E-state index contributed by atoms with van der Waals surface area (Å²) >= 11 is 0. The van der Waals surface area contributed by atoms with Crippen molar-refractivity contribution in [1.29, 1.82) is 0 Å². The first-order valence-electron chi connectivity index (χ1n) is 18.2. The van der Waals surface area contributed by atoms with Crippen LogP contribution in [0, 0.1) is 0 Å². The second kappa shape index (κ2) is 10.7. The molecule has 11 aromatic rings. The van der Waals surface area contributed by atoms with E-state index in [-0.39, 0.29) is 0 Å². The third-order valence-corrected chi connectivity index (χ3v) is 11.3. The van der Waals surface area contributed by atoms with E-state index in [0.29, 0.717) is 0 Å². The van der Waals surface area contributed by atoms with Crippen LogP contribution in [0.3, 0.4) is 0 Å². The Morgan fingerprint density at radius 3 is 1.89 bits per heavy atom. The van der Waals surface area contributed by atoms with E-state index in [1.54, 1.807) is 0 Å². The molecule has 0 saturated heterocycles. The van der Waals surface area contributed by atoms with Gasteiger partial charge in [-0.15, -0.1) is 0 Å². The molecule has 12 rings (SSSR count). The van der Waals surface area contributed by atoms with Gasteiger partial charge in [0.1, 0.15) is 11.5 Å². The average Bonchev–Trinajstić information content (AvgIpc) is 3.73. The molecular formula is C50H30N2O. The van der Waals surface area contributed by atoms with Crippen LogP contribution in [-0.2, 0) is 0 Å². The van der Waals surface area contributed by atoms with Crippen molar-refractivity contribution < 1.29 is 4.74 Å². The minimum absolute atomic E-state index is 0.876. The number of benzene rings is 9. The van der Waals surface area contributed by atoms with E-state index in [1.807, 2.05) is 0 Å². The second-order valence-electron chi connectivity index (χ2n) is 14.1. The van der Waals surface area contributed by atoms with E-state index in [9.17, 15) is 0 Å². The molecule has 9 aromatic carbocycles. The highest BCUT2D eigenvalue weighted by atomic mass is 16.5. The van der Waals surface area contributed by atoms with Crippen molar-refractivity contribution in [3.05, 3.63) is 182 Å². The quantitative estimate of drug-likeness (QED) is 0.183. The van der Waals surface area contributed by atoms with Gasteiger partial charge in [0.05, 0.1) is 27.8 Å².